The molecule has 7 heteroatoms. The third-order valence-electron chi connectivity index (χ3n) is 4.78. The average molecular weight is 391 g/mol. The Morgan fingerprint density at radius 3 is 2.27 bits per heavy atom. The molecular formula is C19H19ClN2O3S. The number of primary amides is 1. The van der Waals surface area contributed by atoms with Crippen LogP contribution in [0.25, 0.3) is 0 Å². The largest absolute Gasteiger partial charge is 0.481 e. The highest BCUT2D eigenvalue weighted by molar-refractivity contribution is 7.99. The van der Waals surface area contributed by atoms with Crippen LogP contribution in [0, 0.1) is 0 Å². The number of carbonyl (C=O) groups excluding carboxylic acids is 1. The van der Waals surface area contributed by atoms with Crippen molar-refractivity contribution in [3.63, 3.8) is 0 Å². The van der Waals surface area contributed by atoms with Crippen molar-refractivity contribution in [3.8, 4) is 0 Å². The summed E-state index contributed by atoms with van der Waals surface area (Å²) in [6.07, 6.45) is 0.674. The lowest BCUT2D eigenvalue weighted by molar-refractivity contribution is -0.145. The first-order valence-corrected chi connectivity index (χ1v) is 9.42. The van der Waals surface area contributed by atoms with Gasteiger partial charge in [0, 0.05) is 27.9 Å². The lowest BCUT2D eigenvalue weighted by Crippen LogP contribution is -2.50. The molecule has 0 spiro atoms. The molecule has 5 nitrogen and oxygen atoms in total. The number of aliphatic carboxylic acids is 1. The van der Waals surface area contributed by atoms with Crippen LogP contribution < -0.4 is 5.73 Å². The van der Waals surface area contributed by atoms with Gasteiger partial charge >= 0.3 is 12.0 Å². The molecule has 3 rings (SSSR count). The maximum absolute atomic E-state index is 12.2. The SMILES string of the molecule is NC(=O)N1CCC(C(=O)O)(c2ccccc2Sc2ccc(Cl)cc2)CC1. The maximum Gasteiger partial charge on any atom is 0.314 e. The number of urea groups is 1. The smallest absolute Gasteiger partial charge is 0.314 e. The first kappa shape index (κ1) is 18.6. The molecule has 0 aliphatic carbocycles. The van der Waals surface area contributed by atoms with Crippen LogP contribution >= 0.6 is 23.4 Å². The second kappa shape index (κ2) is 7.60. The number of halogens is 1. The Bertz CT molecular complexity index is 818. The van der Waals surface area contributed by atoms with Gasteiger partial charge in [0.25, 0.3) is 0 Å². The minimum Gasteiger partial charge on any atom is -0.481 e. The van der Waals surface area contributed by atoms with Crippen LogP contribution in [0.4, 0.5) is 4.79 Å². The highest BCUT2D eigenvalue weighted by Crippen LogP contribution is 2.42. The van der Waals surface area contributed by atoms with E-state index in [9.17, 15) is 14.7 Å². The molecule has 1 heterocycles. The van der Waals surface area contributed by atoms with Gasteiger partial charge in [0.15, 0.2) is 0 Å². The summed E-state index contributed by atoms with van der Waals surface area (Å²) in [6.45, 7) is 0.670. The summed E-state index contributed by atoms with van der Waals surface area (Å²) in [5, 5.41) is 10.7. The average Bonchev–Trinajstić information content (AvgIpc) is 2.64. The van der Waals surface area contributed by atoms with E-state index in [4.69, 9.17) is 17.3 Å². The van der Waals surface area contributed by atoms with Crippen LogP contribution in [-0.4, -0.2) is 35.1 Å². The topological polar surface area (TPSA) is 83.6 Å². The molecule has 2 aromatic carbocycles. The number of rotatable bonds is 4. The second-order valence-electron chi connectivity index (χ2n) is 6.26. The van der Waals surface area contributed by atoms with Gasteiger partial charge in [-0.2, -0.15) is 0 Å². The summed E-state index contributed by atoms with van der Waals surface area (Å²) in [6, 6.07) is 14.5. The number of nitrogens with two attached hydrogens (primary N) is 1. The summed E-state index contributed by atoms with van der Waals surface area (Å²) in [4.78, 5) is 27.0. The highest BCUT2D eigenvalue weighted by Gasteiger charge is 2.45. The molecule has 1 aliphatic rings. The molecule has 1 aliphatic heterocycles. The molecule has 2 aromatic rings. The zero-order chi connectivity index (χ0) is 18.7. The summed E-state index contributed by atoms with van der Waals surface area (Å²) in [5.41, 5.74) is 5.09. The van der Waals surface area contributed by atoms with E-state index in [1.165, 1.54) is 16.7 Å². The molecule has 0 radical (unpaired) electrons. The van der Waals surface area contributed by atoms with Crippen LogP contribution in [0.3, 0.4) is 0 Å². The molecule has 0 unspecified atom stereocenters. The van der Waals surface area contributed by atoms with Crippen molar-refractivity contribution < 1.29 is 14.7 Å². The van der Waals surface area contributed by atoms with Gasteiger partial charge in [0.05, 0.1) is 5.41 Å². The van der Waals surface area contributed by atoms with Crippen LogP contribution in [0.2, 0.25) is 5.02 Å². The third kappa shape index (κ3) is 3.66. The normalized spacial score (nSPS) is 16.3. The number of hydrogen-bond donors (Lipinski definition) is 2. The van der Waals surface area contributed by atoms with Crippen molar-refractivity contribution in [2.75, 3.05) is 13.1 Å². The quantitative estimate of drug-likeness (QED) is 0.826. The van der Waals surface area contributed by atoms with Gasteiger partial charge in [-0.25, -0.2) is 4.79 Å². The number of benzene rings is 2. The minimum absolute atomic E-state index is 0.335. The van der Waals surface area contributed by atoms with Crippen molar-refractivity contribution in [2.45, 2.75) is 28.0 Å². The molecule has 0 atom stereocenters. The number of piperidine rings is 1. The Hall–Kier alpha value is -2.18. The number of amides is 2. The molecule has 1 fully saturated rings. The lowest BCUT2D eigenvalue weighted by atomic mass is 9.73. The molecule has 3 N–H and O–H groups in total. The third-order valence-corrected chi connectivity index (χ3v) is 6.12. The molecule has 2 amide bonds. The summed E-state index contributed by atoms with van der Waals surface area (Å²) in [5.74, 6) is -0.870. The molecule has 0 bridgehead atoms. The predicted molar refractivity (Wildman–Crippen MR) is 102 cm³/mol. The molecular weight excluding hydrogens is 372 g/mol. The van der Waals surface area contributed by atoms with E-state index in [2.05, 4.69) is 0 Å². The van der Waals surface area contributed by atoms with Gasteiger partial charge in [-0.3, -0.25) is 4.79 Å². The van der Waals surface area contributed by atoms with Gasteiger partial charge in [-0.15, -0.1) is 0 Å². The van der Waals surface area contributed by atoms with Crippen LogP contribution in [0.5, 0.6) is 0 Å². The number of carbonyl (C=O) groups is 2. The van der Waals surface area contributed by atoms with Gasteiger partial charge < -0.3 is 15.7 Å². The zero-order valence-corrected chi connectivity index (χ0v) is 15.6. The minimum atomic E-state index is -1.03. The lowest BCUT2D eigenvalue weighted by Gasteiger charge is -2.39. The number of likely N-dealkylation sites (tertiary alicyclic amines) is 1. The number of hydrogen-bond acceptors (Lipinski definition) is 3. The zero-order valence-electron chi connectivity index (χ0n) is 14.0. The van der Waals surface area contributed by atoms with E-state index in [1.807, 2.05) is 48.5 Å². The molecule has 136 valence electrons. The first-order chi connectivity index (χ1) is 12.4. The standard InChI is InChI=1S/C19H19ClN2O3S/c20-13-5-7-14(8-6-13)26-16-4-2-1-3-15(16)19(17(23)24)9-11-22(12-10-19)18(21)25/h1-8H,9-12H2,(H2,21,25)(H,23,24). The van der Waals surface area contributed by atoms with Gasteiger partial charge in [0.2, 0.25) is 0 Å². The van der Waals surface area contributed by atoms with E-state index in [0.717, 1.165) is 15.4 Å². The Kier molecular flexibility index (Phi) is 5.44. The Balaban J connectivity index is 1.95. The Labute approximate surface area is 161 Å². The van der Waals surface area contributed by atoms with Crippen LogP contribution in [0.1, 0.15) is 18.4 Å². The Morgan fingerprint density at radius 1 is 1.08 bits per heavy atom. The molecule has 1 saturated heterocycles. The number of carboxylic acid groups (broad SMARTS) is 1. The molecule has 26 heavy (non-hydrogen) atoms. The maximum atomic E-state index is 12.2. The van der Waals surface area contributed by atoms with Crippen LogP contribution in [-0.2, 0) is 10.2 Å². The van der Waals surface area contributed by atoms with Gasteiger partial charge in [0.1, 0.15) is 0 Å². The fourth-order valence-corrected chi connectivity index (χ4v) is 4.46. The van der Waals surface area contributed by atoms with Crippen molar-refractivity contribution >= 4 is 35.4 Å². The van der Waals surface area contributed by atoms with E-state index in [-0.39, 0.29) is 0 Å². The molecule has 0 aromatic heterocycles. The highest BCUT2D eigenvalue weighted by atomic mass is 35.5. The fraction of sp³-hybridized carbons (Fsp3) is 0.263. The number of carboxylic acids is 1. The van der Waals surface area contributed by atoms with Gasteiger partial charge in [-0.1, -0.05) is 41.6 Å². The summed E-state index contributed by atoms with van der Waals surface area (Å²) in [7, 11) is 0. The number of nitrogens with zero attached hydrogens (tertiary/aromatic N) is 1. The Morgan fingerprint density at radius 2 is 1.69 bits per heavy atom. The van der Waals surface area contributed by atoms with E-state index in [0.29, 0.717) is 31.0 Å². The fourth-order valence-electron chi connectivity index (χ4n) is 3.29. The second-order valence-corrected chi connectivity index (χ2v) is 7.82. The van der Waals surface area contributed by atoms with Crippen molar-refractivity contribution in [2.24, 2.45) is 5.73 Å². The molecule has 0 saturated carbocycles. The summed E-state index contributed by atoms with van der Waals surface area (Å²) < 4.78 is 0. The first-order valence-electron chi connectivity index (χ1n) is 8.23. The monoisotopic (exact) mass is 390 g/mol. The van der Waals surface area contributed by atoms with E-state index in [1.54, 1.807) is 0 Å². The van der Waals surface area contributed by atoms with Gasteiger partial charge in [-0.05, 0) is 48.7 Å². The van der Waals surface area contributed by atoms with E-state index >= 15 is 0 Å². The van der Waals surface area contributed by atoms with E-state index < -0.39 is 17.4 Å². The van der Waals surface area contributed by atoms with Crippen molar-refractivity contribution in [1.29, 1.82) is 0 Å². The predicted octanol–water partition coefficient (Wildman–Crippen LogP) is 3.99. The van der Waals surface area contributed by atoms with Crippen molar-refractivity contribution in [1.82, 2.24) is 4.90 Å². The van der Waals surface area contributed by atoms with Crippen molar-refractivity contribution in [3.05, 3.63) is 59.1 Å². The summed E-state index contributed by atoms with van der Waals surface area (Å²) >= 11 is 7.45. The van der Waals surface area contributed by atoms with Crippen LogP contribution in [0.15, 0.2) is 58.3 Å².